The van der Waals surface area contributed by atoms with Crippen LogP contribution in [0.5, 0.6) is 0 Å². The van der Waals surface area contributed by atoms with Crippen LogP contribution >= 0.6 is 15.9 Å². The molecule has 4 nitrogen and oxygen atoms in total. The van der Waals surface area contributed by atoms with Crippen molar-refractivity contribution in [3.05, 3.63) is 99.8 Å². The van der Waals surface area contributed by atoms with Crippen molar-refractivity contribution in [2.75, 3.05) is 0 Å². The van der Waals surface area contributed by atoms with Gasteiger partial charge >= 0.3 is 5.97 Å². The number of aromatic nitrogens is 2. The van der Waals surface area contributed by atoms with Crippen LogP contribution in [0.4, 0.5) is 0 Å². The molecule has 0 saturated carbocycles. The fourth-order valence-corrected chi connectivity index (χ4v) is 3.44. The van der Waals surface area contributed by atoms with Crippen LogP contribution in [0.3, 0.4) is 0 Å². The molecule has 0 unspecified atom stereocenters. The van der Waals surface area contributed by atoms with Gasteiger partial charge in [-0.1, -0.05) is 58.4 Å². The average Bonchev–Trinajstić information content (AvgIpc) is 3.01. The van der Waals surface area contributed by atoms with Crippen molar-refractivity contribution >= 4 is 32.9 Å². The van der Waals surface area contributed by atoms with E-state index in [4.69, 9.17) is 4.98 Å². The fourth-order valence-electron chi connectivity index (χ4n) is 3.17. The Morgan fingerprint density at radius 1 is 0.963 bits per heavy atom. The van der Waals surface area contributed by atoms with Crippen LogP contribution in [-0.2, 0) is 13.0 Å². The molecular formula is C22H17BrN2O2. The lowest BCUT2D eigenvalue weighted by molar-refractivity contribution is 0.0697. The monoisotopic (exact) mass is 420 g/mol. The third kappa shape index (κ3) is 3.78. The van der Waals surface area contributed by atoms with Crippen molar-refractivity contribution in [1.82, 2.24) is 9.55 Å². The van der Waals surface area contributed by atoms with Crippen LogP contribution < -0.4 is 0 Å². The molecule has 0 amide bonds. The summed E-state index contributed by atoms with van der Waals surface area (Å²) in [5.74, 6) is -0.0253. The number of aromatic carboxylic acids is 1. The van der Waals surface area contributed by atoms with Crippen molar-refractivity contribution in [1.29, 1.82) is 0 Å². The second-order valence-electron chi connectivity index (χ2n) is 6.41. The van der Waals surface area contributed by atoms with E-state index in [-0.39, 0.29) is 5.56 Å². The van der Waals surface area contributed by atoms with Gasteiger partial charge in [-0.15, -0.1) is 0 Å². The fraction of sp³-hybridized carbons (Fsp3) is 0.0909. The van der Waals surface area contributed by atoms with Crippen LogP contribution in [0.15, 0.2) is 77.3 Å². The Kier molecular flexibility index (Phi) is 4.77. The van der Waals surface area contributed by atoms with E-state index < -0.39 is 5.97 Å². The summed E-state index contributed by atoms with van der Waals surface area (Å²) in [6.45, 7) is 0.690. The topological polar surface area (TPSA) is 55.1 Å². The van der Waals surface area contributed by atoms with Crippen molar-refractivity contribution in [3.63, 3.8) is 0 Å². The minimum atomic E-state index is -0.941. The molecule has 1 N–H and O–H groups in total. The first-order valence-electron chi connectivity index (χ1n) is 8.61. The van der Waals surface area contributed by atoms with E-state index in [1.807, 2.05) is 36.4 Å². The summed E-state index contributed by atoms with van der Waals surface area (Å²) in [5, 5.41) is 9.28. The summed E-state index contributed by atoms with van der Waals surface area (Å²) in [7, 11) is 0. The number of fused-ring (bicyclic) bond motifs is 1. The molecule has 0 fully saturated rings. The summed E-state index contributed by atoms with van der Waals surface area (Å²) >= 11 is 3.46. The van der Waals surface area contributed by atoms with Crippen LogP contribution in [0.2, 0.25) is 0 Å². The number of rotatable bonds is 5. The Balaban J connectivity index is 1.80. The largest absolute Gasteiger partial charge is 0.478 e. The first-order chi connectivity index (χ1) is 13.1. The summed E-state index contributed by atoms with van der Waals surface area (Å²) in [4.78, 5) is 16.1. The molecule has 27 heavy (non-hydrogen) atoms. The first kappa shape index (κ1) is 17.5. The van der Waals surface area contributed by atoms with E-state index in [2.05, 4.69) is 44.8 Å². The maximum absolute atomic E-state index is 11.3. The lowest BCUT2D eigenvalue weighted by Gasteiger charge is -2.10. The molecule has 0 aliphatic rings. The summed E-state index contributed by atoms with van der Waals surface area (Å²) < 4.78 is 3.20. The summed E-state index contributed by atoms with van der Waals surface area (Å²) in [5.41, 5.74) is 4.23. The molecule has 0 radical (unpaired) electrons. The van der Waals surface area contributed by atoms with Gasteiger partial charge in [-0.2, -0.15) is 0 Å². The molecule has 1 aromatic heterocycles. The zero-order valence-electron chi connectivity index (χ0n) is 14.5. The highest BCUT2D eigenvalue weighted by Crippen LogP contribution is 2.22. The van der Waals surface area contributed by atoms with E-state index in [0.29, 0.717) is 18.5 Å². The van der Waals surface area contributed by atoms with Crippen LogP contribution in [0, 0.1) is 0 Å². The molecule has 4 aromatic rings. The highest BCUT2D eigenvalue weighted by Gasteiger charge is 2.14. The lowest BCUT2D eigenvalue weighted by atomic mass is 10.1. The second-order valence-corrected chi connectivity index (χ2v) is 7.33. The summed E-state index contributed by atoms with van der Waals surface area (Å²) in [6.07, 6.45) is 0.678. The van der Waals surface area contributed by atoms with Gasteiger partial charge in [-0.05, 0) is 41.5 Å². The van der Waals surface area contributed by atoms with Gasteiger partial charge in [0.05, 0.1) is 16.6 Å². The number of carboxylic acid groups (broad SMARTS) is 1. The third-order valence-corrected chi connectivity index (χ3v) is 5.06. The third-order valence-electron chi connectivity index (χ3n) is 4.53. The Morgan fingerprint density at radius 2 is 1.70 bits per heavy atom. The normalized spacial score (nSPS) is 11.0. The Morgan fingerprint density at radius 3 is 2.41 bits per heavy atom. The standard InChI is InChI=1S/C22H17BrN2O2/c23-18-9-6-15(7-10-18)12-21-24-19-13-17(22(26)27)8-11-20(19)25(21)14-16-4-2-1-3-5-16/h1-11,13H,12,14H2,(H,26,27). The number of benzene rings is 3. The molecule has 0 bridgehead atoms. The lowest BCUT2D eigenvalue weighted by Crippen LogP contribution is -2.06. The number of imidazole rings is 1. The number of hydrogen-bond donors (Lipinski definition) is 1. The maximum Gasteiger partial charge on any atom is 0.335 e. The highest BCUT2D eigenvalue weighted by molar-refractivity contribution is 9.10. The van der Waals surface area contributed by atoms with Crippen LogP contribution in [0.1, 0.15) is 27.3 Å². The number of nitrogens with zero attached hydrogens (tertiary/aromatic N) is 2. The van der Waals surface area contributed by atoms with Gasteiger partial charge < -0.3 is 9.67 Å². The SMILES string of the molecule is O=C(O)c1ccc2c(c1)nc(Cc1ccc(Br)cc1)n2Cc1ccccc1. The molecule has 0 atom stereocenters. The first-order valence-corrected chi connectivity index (χ1v) is 9.40. The van der Waals surface area contributed by atoms with Gasteiger partial charge in [-0.25, -0.2) is 9.78 Å². The molecular weight excluding hydrogens is 404 g/mol. The number of halogens is 1. The Labute approximate surface area is 165 Å². The van der Waals surface area contributed by atoms with Gasteiger partial charge in [0, 0.05) is 17.4 Å². The average molecular weight is 421 g/mol. The van der Waals surface area contributed by atoms with E-state index in [0.717, 1.165) is 21.4 Å². The minimum absolute atomic E-state index is 0.252. The van der Waals surface area contributed by atoms with Gasteiger partial charge in [0.25, 0.3) is 0 Å². The zero-order valence-corrected chi connectivity index (χ0v) is 16.1. The van der Waals surface area contributed by atoms with Crippen molar-refractivity contribution in [3.8, 4) is 0 Å². The molecule has 4 rings (SSSR count). The quantitative estimate of drug-likeness (QED) is 0.486. The van der Waals surface area contributed by atoms with Crippen molar-refractivity contribution in [2.45, 2.75) is 13.0 Å². The number of carbonyl (C=O) groups is 1. The number of hydrogen-bond acceptors (Lipinski definition) is 2. The smallest absolute Gasteiger partial charge is 0.335 e. The second kappa shape index (κ2) is 7.37. The van der Waals surface area contributed by atoms with Crippen LogP contribution in [0.25, 0.3) is 11.0 Å². The van der Waals surface area contributed by atoms with Crippen molar-refractivity contribution in [2.24, 2.45) is 0 Å². The highest BCUT2D eigenvalue weighted by atomic mass is 79.9. The van der Waals surface area contributed by atoms with E-state index >= 15 is 0 Å². The molecule has 0 spiro atoms. The molecule has 3 aromatic carbocycles. The Bertz CT molecular complexity index is 1100. The van der Waals surface area contributed by atoms with Gasteiger partial charge in [0.1, 0.15) is 5.82 Å². The molecule has 0 aliphatic carbocycles. The minimum Gasteiger partial charge on any atom is -0.478 e. The molecule has 0 aliphatic heterocycles. The van der Waals surface area contributed by atoms with Crippen molar-refractivity contribution < 1.29 is 9.90 Å². The van der Waals surface area contributed by atoms with E-state index in [1.54, 1.807) is 12.1 Å². The molecule has 5 heteroatoms. The van der Waals surface area contributed by atoms with E-state index in [9.17, 15) is 9.90 Å². The van der Waals surface area contributed by atoms with E-state index in [1.165, 1.54) is 5.56 Å². The Hall–Kier alpha value is -2.92. The maximum atomic E-state index is 11.3. The zero-order chi connectivity index (χ0) is 18.8. The van der Waals surface area contributed by atoms with Gasteiger partial charge in [0.15, 0.2) is 0 Å². The predicted molar refractivity (Wildman–Crippen MR) is 109 cm³/mol. The number of carboxylic acids is 1. The molecule has 134 valence electrons. The van der Waals surface area contributed by atoms with Gasteiger partial charge in [-0.3, -0.25) is 0 Å². The van der Waals surface area contributed by atoms with Crippen LogP contribution in [-0.4, -0.2) is 20.6 Å². The predicted octanol–water partition coefficient (Wildman–Crippen LogP) is 5.14. The molecule has 0 saturated heterocycles. The van der Waals surface area contributed by atoms with Gasteiger partial charge in [0.2, 0.25) is 0 Å². The molecule has 1 heterocycles. The summed E-state index contributed by atoms with van der Waals surface area (Å²) in [6, 6.07) is 23.5.